The van der Waals surface area contributed by atoms with Crippen molar-refractivity contribution in [3.05, 3.63) is 34.6 Å². The highest BCUT2D eigenvalue weighted by Gasteiger charge is 2.28. The van der Waals surface area contributed by atoms with Crippen molar-refractivity contribution in [3.8, 4) is 0 Å². The van der Waals surface area contributed by atoms with E-state index in [1.165, 1.54) is 0 Å². The molecule has 94 valence electrons. The van der Waals surface area contributed by atoms with E-state index >= 15 is 0 Å². The Morgan fingerprint density at radius 3 is 2.59 bits per heavy atom. The van der Waals surface area contributed by atoms with E-state index in [0.717, 1.165) is 18.2 Å². The van der Waals surface area contributed by atoms with E-state index < -0.39 is 24.5 Å². The van der Waals surface area contributed by atoms with Gasteiger partial charge in [-0.3, -0.25) is 9.63 Å². The van der Waals surface area contributed by atoms with Crippen LogP contribution in [0.1, 0.15) is 10.4 Å². The summed E-state index contributed by atoms with van der Waals surface area (Å²) in [6.07, 6.45) is -4.56. The number of benzene rings is 1. The van der Waals surface area contributed by atoms with Crippen LogP contribution in [0.2, 0.25) is 5.02 Å². The summed E-state index contributed by atoms with van der Waals surface area (Å²) in [7, 11) is 0. The zero-order chi connectivity index (χ0) is 13.1. The van der Waals surface area contributed by atoms with Gasteiger partial charge in [0.15, 0.2) is 6.61 Å². The Hall–Kier alpha value is -1.34. The van der Waals surface area contributed by atoms with Crippen LogP contribution in [0.3, 0.4) is 0 Å². The second-order valence-electron chi connectivity index (χ2n) is 2.96. The number of halogens is 5. The number of alkyl halides is 3. The minimum atomic E-state index is -4.56. The van der Waals surface area contributed by atoms with Gasteiger partial charge in [-0.2, -0.15) is 13.2 Å². The van der Waals surface area contributed by atoms with E-state index in [0.29, 0.717) is 0 Å². The number of amides is 1. The molecule has 1 aromatic carbocycles. The molecule has 0 unspecified atom stereocenters. The Balaban J connectivity index is 2.59. The van der Waals surface area contributed by atoms with Crippen LogP contribution < -0.4 is 5.48 Å². The lowest BCUT2D eigenvalue weighted by molar-refractivity contribution is -0.184. The Labute approximate surface area is 98.3 Å². The largest absolute Gasteiger partial charge is 0.414 e. The summed E-state index contributed by atoms with van der Waals surface area (Å²) >= 11 is 5.51. The average molecular weight is 272 g/mol. The first-order valence-electron chi connectivity index (χ1n) is 4.23. The fraction of sp³-hybridized carbons (Fsp3) is 0.222. The van der Waals surface area contributed by atoms with Crippen LogP contribution in [0.25, 0.3) is 0 Å². The zero-order valence-corrected chi connectivity index (χ0v) is 8.90. The molecule has 1 aromatic rings. The second kappa shape index (κ2) is 5.33. The van der Waals surface area contributed by atoms with Crippen molar-refractivity contribution < 1.29 is 27.2 Å². The molecule has 0 fully saturated rings. The molecular weight excluding hydrogens is 266 g/mol. The van der Waals surface area contributed by atoms with Gasteiger partial charge in [-0.1, -0.05) is 11.6 Å². The number of hydroxylamine groups is 1. The van der Waals surface area contributed by atoms with Gasteiger partial charge in [0.25, 0.3) is 5.91 Å². The fourth-order valence-corrected chi connectivity index (χ4v) is 1.17. The van der Waals surface area contributed by atoms with Crippen LogP contribution in [-0.2, 0) is 4.84 Å². The number of nitrogens with one attached hydrogen (secondary N) is 1. The molecule has 0 bridgehead atoms. The summed E-state index contributed by atoms with van der Waals surface area (Å²) in [4.78, 5) is 15.2. The van der Waals surface area contributed by atoms with Gasteiger partial charge in [-0.05, 0) is 18.2 Å². The summed E-state index contributed by atoms with van der Waals surface area (Å²) < 4.78 is 47.7. The monoisotopic (exact) mass is 271 g/mol. The van der Waals surface area contributed by atoms with Crippen molar-refractivity contribution in [2.45, 2.75) is 6.18 Å². The van der Waals surface area contributed by atoms with E-state index in [1.807, 2.05) is 0 Å². The van der Waals surface area contributed by atoms with Crippen molar-refractivity contribution in [2.24, 2.45) is 0 Å². The molecule has 0 heterocycles. The highest BCUT2D eigenvalue weighted by molar-refractivity contribution is 6.33. The molecule has 3 nitrogen and oxygen atoms in total. The number of carbonyl (C=O) groups excluding carboxylic acids is 1. The van der Waals surface area contributed by atoms with Crippen molar-refractivity contribution in [3.63, 3.8) is 0 Å². The molecule has 0 aliphatic carbocycles. The number of rotatable bonds is 3. The summed E-state index contributed by atoms with van der Waals surface area (Å²) in [6, 6.07) is 2.84. The van der Waals surface area contributed by atoms with Gasteiger partial charge in [-0.25, -0.2) is 9.87 Å². The SMILES string of the molecule is O=C(NOCC(F)(F)F)c1ccc(F)cc1Cl. The molecule has 0 spiro atoms. The van der Waals surface area contributed by atoms with Crippen molar-refractivity contribution in [2.75, 3.05) is 6.61 Å². The maximum absolute atomic E-state index is 12.6. The molecular formula is C9H6ClF4NO2. The molecule has 0 saturated heterocycles. The number of carbonyl (C=O) groups is 1. The first-order valence-corrected chi connectivity index (χ1v) is 4.61. The van der Waals surface area contributed by atoms with Gasteiger partial charge in [-0.15, -0.1) is 0 Å². The van der Waals surface area contributed by atoms with E-state index in [2.05, 4.69) is 4.84 Å². The third kappa shape index (κ3) is 4.58. The van der Waals surface area contributed by atoms with E-state index in [-0.39, 0.29) is 10.6 Å². The lowest BCUT2D eigenvalue weighted by Crippen LogP contribution is -2.29. The van der Waals surface area contributed by atoms with Crippen LogP contribution in [0.5, 0.6) is 0 Å². The first kappa shape index (κ1) is 13.7. The Bertz CT molecular complexity index is 422. The molecule has 1 N–H and O–H groups in total. The zero-order valence-electron chi connectivity index (χ0n) is 8.15. The van der Waals surface area contributed by atoms with Gasteiger partial charge in [0.1, 0.15) is 5.82 Å². The second-order valence-corrected chi connectivity index (χ2v) is 3.37. The molecule has 1 amide bonds. The third-order valence-corrected chi connectivity index (χ3v) is 1.89. The highest BCUT2D eigenvalue weighted by atomic mass is 35.5. The van der Waals surface area contributed by atoms with E-state index in [9.17, 15) is 22.4 Å². The smallest absolute Gasteiger partial charge is 0.267 e. The van der Waals surface area contributed by atoms with Crippen LogP contribution in [0, 0.1) is 5.82 Å². The Kier molecular flexibility index (Phi) is 4.30. The lowest BCUT2D eigenvalue weighted by atomic mass is 10.2. The van der Waals surface area contributed by atoms with Gasteiger partial charge in [0.2, 0.25) is 0 Å². The molecule has 0 atom stereocenters. The Morgan fingerprint density at radius 1 is 1.41 bits per heavy atom. The first-order chi connectivity index (χ1) is 7.79. The molecule has 8 heteroatoms. The standard InChI is InChI=1S/C9H6ClF4NO2/c10-7-3-5(11)1-2-6(7)8(16)15-17-4-9(12,13)14/h1-3H,4H2,(H,15,16). The van der Waals surface area contributed by atoms with Crippen LogP contribution >= 0.6 is 11.6 Å². The minimum Gasteiger partial charge on any atom is -0.267 e. The third-order valence-electron chi connectivity index (χ3n) is 1.58. The molecule has 1 rings (SSSR count). The van der Waals surface area contributed by atoms with Crippen LogP contribution in [0.4, 0.5) is 17.6 Å². The van der Waals surface area contributed by atoms with Gasteiger partial charge >= 0.3 is 6.18 Å². The topological polar surface area (TPSA) is 38.3 Å². The number of hydrogen-bond donors (Lipinski definition) is 1. The molecule has 0 radical (unpaired) electrons. The van der Waals surface area contributed by atoms with Crippen LogP contribution in [-0.4, -0.2) is 18.7 Å². The maximum Gasteiger partial charge on any atom is 0.414 e. The van der Waals surface area contributed by atoms with Crippen LogP contribution in [0.15, 0.2) is 18.2 Å². The predicted molar refractivity (Wildman–Crippen MR) is 50.9 cm³/mol. The molecule has 0 saturated carbocycles. The average Bonchev–Trinajstić information content (AvgIpc) is 2.15. The summed E-state index contributed by atoms with van der Waals surface area (Å²) in [5, 5.41) is -0.224. The van der Waals surface area contributed by atoms with Gasteiger partial charge in [0, 0.05) is 0 Å². The van der Waals surface area contributed by atoms with Crippen molar-refractivity contribution in [1.29, 1.82) is 0 Å². The Morgan fingerprint density at radius 2 is 2.06 bits per heavy atom. The van der Waals surface area contributed by atoms with Crippen molar-refractivity contribution in [1.82, 2.24) is 5.48 Å². The minimum absolute atomic E-state index is 0.185. The molecule has 17 heavy (non-hydrogen) atoms. The van der Waals surface area contributed by atoms with Gasteiger partial charge < -0.3 is 0 Å². The normalized spacial score (nSPS) is 11.4. The quantitative estimate of drug-likeness (QED) is 0.678. The summed E-state index contributed by atoms with van der Waals surface area (Å²) in [5.41, 5.74) is 1.36. The maximum atomic E-state index is 12.6. The van der Waals surface area contributed by atoms with Crippen molar-refractivity contribution >= 4 is 17.5 Å². The molecule has 0 aliphatic heterocycles. The van der Waals surface area contributed by atoms with E-state index in [1.54, 1.807) is 5.48 Å². The summed E-state index contributed by atoms with van der Waals surface area (Å²) in [5.74, 6) is -1.65. The number of hydrogen-bond acceptors (Lipinski definition) is 2. The van der Waals surface area contributed by atoms with E-state index in [4.69, 9.17) is 11.6 Å². The fourth-order valence-electron chi connectivity index (χ4n) is 0.912. The molecule has 0 aromatic heterocycles. The lowest BCUT2D eigenvalue weighted by Gasteiger charge is -2.09. The highest BCUT2D eigenvalue weighted by Crippen LogP contribution is 2.17. The summed E-state index contributed by atoms with van der Waals surface area (Å²) in [6.45, 7) is -1.63. The molecule has 0 aliphatic rings. The van der Waals surface area contributed by atoms with Gasteiger partial charge in [0.05, 0.1) is 10.6 Å². The predicted octanol–water partition coefficient (Wildman–Crippen LogP) is 2.70.